The van der Waals surface area contributed by atoms with Crippen LogP contribution in [-0.4, -0.2) is 18.5 Å². The van der Waals surface area contributed by atoms with Gasteiger partial charge in [0.2, 0.25) is 5.91 Å². The summed E-state index contributed by atoms with van der Waals surface area (Å²) in [5, 5.41) is 3.03. The van der Waals surface area contributed by atoms with E-state index in [1.165, 1.54) is 18.4 Å². The first-order valence-electron chi connectivity index (χ1n) is 7.23. The monoisotopic (exact) mass is 260 g/mol. The van der Waals surface area contributed by atoms with Crippen LogP contribution in [0.1, 0.15) is 36.8 Å². The van der Waals surface area contributed by atoms with Crippen molar-refractivity contribution in [2.45, 2.75) is 45.1 Å². The third-order valence-electron chi connectivity index (χ3n) is 3.98. The summed E-state index contributed by atoms with van der Waals surface area (Å²) >= 11 is 0. The molecular formula is C16H24N2O. The second kappa shape index (κ2) is 6.71. The molecule has 1 aliphatic carbocycles. The molecule has 1 aromatic carbocycles. The molecule has 0 aliphatic heterocycles. The van der Waals surface area contributed by atoms with Gasteiger partial charge in [0.15, 0.2) is 0 Å². The summed E-state index contributed by atoms with van der Waals surface area (Å²) in [5.41, 5.74) is 8.35. The van der Waals surface area contributed by atoms with E-state index in [9.17, 15) is 4.79 Å². The Morgan fingerprint density at radius 3 is 2.89 bits per heavy atom. The zero-order valence-electron chi connectivity index (χ0n) is 11.7. The molecule has 2 rings (SSSR count). The van der Waals surface area contributed by atoms with Crippen LogP contribution in [-0.2, 0) is 11.2 Å². The fourth-order valence-electron chi connectivity index (χ4n) is 2.80. The molecule has 0 saturated heterocycles. The maximum atomic E-state index is 11.9. The molecule has 3 nitrogen and oxygen atoms in total. The van der Waals surface area contributed by atoms with Crippen molar-refractivity contribution in [3.8, 4) is 0 Å². The summed E-state index contributed by atoms with van der Waals surface area (Å²) in [6.45, 7) is 2.77. The molecule has 0 spiro atoms. The van der Waals surface area contributed by atoms with Crippen LogP contribution < -0.4 is 11.1 Å². The molecule has 0 radical (unpaired) electrons. The number of rotatable bonds is 4. The molecule has 3 heteroatoms. The quantitative estimate of drug-likeness (QED) is 0.871. The standard InChI is InChI=1S/C16H24N2O/c1-12-5-4-6-13(9-12)10-16(19)18-11-14-7-2-3-8-15(14)17/h4-6,9,14-15H,2-3,7-8,10-11,17H2,1H3,(H,18,19). The minimum absolute atomic E-state index is 0.100. The summed E-state index contributed by atoms with van der Waals surface area (Å²) in [6.07, 6.45) is 5.18. The van der Waals surface area contributed by atoms with Gasteiger partial charge in [0.1, 0.15) is 0 Å². The van der Waals surface area contributed by atoms with Crippen molar-refractivity contribution in [2.75, 3.05) is 6.54 Å². The lowest BCUT2D eigenvalue weighted by atomic mass is 9.85. The van der Waals surface area contributed by atoms with E-state index >= 15 is 0 Å². The third kappa shape index (κ3) is 4.35. The molecule has 0 heterocycles. The van der Waals surface area contributed by atoms with Crippen molar-refractivity contribution in [1.29, 1.82) is 0 Å². The molecule has 19 heavy (non-hydrogen) atoms. The number of nitrogens with two attached hydrogens (primary N) is 1. The Kier molecular flexibility index (Phi) is 4.97. The van der Waals surface area contributed by atoms with E-state index in [0.717, 1.165) is 24.9 Å². The van der Waals surface area contributed by atoms with Gasteiger partial charge in [-0.1, -0.05) is 42.7 Å². The molecule has 1 aromatic rings. The number of amides is 1. The minimum Gasteiger partial charge on any atom is -0.355 e. The predicted molar refractivity (Wildman–Crippen MR) is 77.8 cm³/mol. The molecule has 1 aliphatic rings. The van der Waals surface area contributed by atoms with Gasteiger partial charge in [0.05, 0.1) is 6.42 Å². The van der Waals surface area contributed by atoms with Crippen molar-refractivity contribution < 1.29 is 4.79 Å². The first kappa shape index (κ1) is 14.1. The molecule has 104 valence electrons. The highest BCUT2D eigenvalue weighted by Gasteiger charge is 2.21. The normalized spacial score (nSPS) is 23.1. The van der Waals surface area contributed by atoms with E-state index < -0.39 is 0 Å². The smallest absolute Gasteiger partial charge is 0.224 e. The van der Waals surface area contributed by atoms with Gasteiger partial charge >= 0.3 is 0 Å². The van der Waals surface area contributed by atoms with Crippen LogP contribution in [0.4, 0.5) is 0 Å². The fraction of sp³-hybridized carbons (Fsp3) is 0.562. The van der Waals surface area contributed by atoms with Crippen LogP contribution in [0.15, 0.2) is 24.3 Å². The second-order valence-corrected chi connectivity index (χ2v) is 5.68. The molecule has 3 N–H and O–H groups in total. The van der Waals surface area contributed by atoms with Gasteiger partial charge in [0.25, 0.3) is 0 Å². The van der Waals surface area contributed by atoms with E-state index in [2.05, 4.69) is 11.4 Å². The van der Waals surface area contributed by atoms with Gasteiger partial charge in [-0.05, 0) is 31.2 Å². The Labute approximate surface area is 115 Å². The lowest BCUT2D eigenvalue weighted by Gasteiger charge is -2.28. The van der Waals surface area contributed by atoms with E-state index in [4.69, 9.17) is 5.73 Å². The van der Waals surface area contributed by atoms with E-state index in [1.54, 1.807) is 0 Å². The molecular weight excluding hydrogens is 236 g/mol. The Morgan fingerprint density at radius 2 is 2.16 bits per heavy atom. The second-order valence-electron chi connectivity index (χ2n) is 5.68. The molecule has 1 fully saturated rings. The van der Waals surface area contributed by atoms with E-state index in [0.29, 0.717) is 12.3 Å². The maximum absolute atomic E-state index is 11.9. The average Bonchev–Trinajstić information content (AvgIpc) is 2.38. The van der Waals surface area contributed by atoms with Gasteiger partial charge in [-0.2, -0.15) is 0 Å². The highest BCUT2D eigenvalue weighted by atomic mass is 16.1. The zero-order valence-corrected chi connectivity index (χ0v) is 11.7. The van der Waals surface area contributed by atoms with Gasteiger partial charge in [-0.3, -0.25) is 4.79 Å². The van der Waals surface area contributed by atoms with Gasteiger partial charge in [-0.25, -0.2) is 0 Å². The zero-order chi connectivity index (χ0) is 13.7. The number of aryl methyl sites for hydroxylation is 1. The maximum Gasteiger partial charge on any atom is 0.224 e. The Balaban J connectivity index is 1.78. The van der Waals surface area contributed by atoms with Crippen molar-refractivity contribution in [1.82, 2.24) is 5.32 Å². The number of hydrogen-bond acceptors (Lipinski definition) is 2. The number of carbonyl (C=O) groups excluding carboxylic acids is 1. The topological polar surface area (TPSA) is 55.1 Å². The SMILES string of the molecule is Cc1cccc(CC(=O)NCC2CCCCC2N)c1. The molecule has 2 unspecified atom stereocenters. The van der Waals surface area contributed by atoms with Crippen molar-refractivity contribution >= 4 is 5.91 Å². The van der Waals surface area contributed by atoms with Gasteiger partial charge < -0.3 is 11.1 Å². The van der Waals surface area contributed by atoms with Crippen LogP contribution in [0.25, 0.3) is 0 Å². The lowest BCUT2D eigenvalue weighted by molar-refractivity contribution is -0.120. The molecule has 1 amide bonds. The highest BCUT2D eigenvalue weighted by Crippen LogP contribution is 2.22. The largest absolute Gasteiger partial charge is 0.355 e. The van der Waals surface area contributed by atoms with Crippen LogP contribution in [0.3, 0.4) is 0 Å². The Morgan fingerprint density at radius 1 is 1.37 bits per heavy atom. The van der Waals surface area contributed by atoms with Crippen LogP contribution in [0.5, 0.6) is 0 Å². The van der Waals surface area contributed by atoms with E-state index in [-0.39, 0.29) is 11.9 Å². The highest BCUT2D eigenvalue weighted by molar-refractivity contribution is 5.78. The third-order valence-corrected chi connectivity index (χ3v) is 3.98. The van der Waals surface area contributed by atoms with Gasteiger partial charge in [-0.15, -0.1) is 0 Å². The number of carbonyl (C=O) groups is 1. The first-order chi connectivity index (χ1) is 9.15. The van der Waals surface area contributed by atoms with Crippen molar-refractivity contribution in [2.24, 2.45) is 11.7 Å². The predicted octanol–water partition coefficient (Wildman–Crippen LogP) is 2.17. The number of hydrogen-bond donors (Lipinski definition) is 2. The number of nitrogens with one attached hydrogen (secondary N) is 1. The summed E-state index contributed by atoms with van der Waals surface area (Å²) in [7, 11) is 0. The summed E-state index contributed by atoms with van der Waals surface area (Å²) in [5.74, 6) is 0.554. The van der Waals surface area contributed by atoms with Crippen LogP contribution >= 0.6 is 0 Å². The Hall–Kier alpha value is -1.35. The van der Waals surface area contributed by atoms with Crippen molar-refractivity contribution in [3.05, 3.63) is 35.4 Å². The van der Waals surface area contributed by atoms with Crippen LogP contribution in [0.2, 0.25) is 0 Å². The lowest BCUT2D eigenvalue weighted by Crippen LogP contribution is -2.41. The summed E-state index contributed by atoms with van der Waals surface area (Å²) < 4.78 is 0. The number of benzene rings is 1. The van der Waals surface area contributed by atoms with Crippen molar-refractivity contribution in [3.63, 3.8) is 0 Å². The minimum atomic E-state index is 0.100. The van der Waals surface area contributed by atoms with Crippen LogP contribution in [0, 0.1) is 12.8 Å². The molecule has 2 atom stereocenters. The Bertz CT molecular complexity index is 431. The fourth-order valence-corrected chi connectivity index (χ4v) is 2.80. The van der Waals surface area contributed by atoms with E-state index in [1.807, 2.05) is 25.1 Å². The molecule has 0 aromatic heterocycles. The molecule has 1 saturated carbocycles. The first-order valence-corrected chi connectivity index (χ1v) is 7.23. The average molecular weight is 260 g/mol. The molecule has 0 bridgehead atoms. The van der Waals surface area contributed by atoms with Gasteiger partial charge in [0, 0.05) is 12.6 Å². The summed E-state index contributed by atoms with van der Waals surface area (Å²) in [6, 6.07) is 8.36. The summed E-state index contributed by atoms with van der Waals surface area (Å²) in [4.78, 5) is 11.9.